The van der Waals surface area contributed by atoms with Crippen molar-refractivity contribution in [2.45, 2.75) is 51.6 Å². The number of phenolic OH excluding ortho intramolecular Hbond substituents is 1. The van der Waals surface area contributed by atoms with E-state index in [1.807, 2.05) is 30.3 Å². The van der Waals surface area contributed by atoms with Crippen molar-refractivity contribution in [3.05, 3.63) is 101 Å². The van der Waals surface area contributed by atoms with Crippen LogP contribution in [0.1, 0.15) is 29.2 Å². The van der Waals surface area contributed by atoms with E-state index in [1.165, 1.54) is 28.1 Å². The smallest absolute Gasteiger partial charge is 0.334 e. The van der Waals surface area contributed by atoms with Gasteiger partial charge in [-0.05, 0) is 48.7 Å². The number of hydrazine groups is 1. The lowest BCUT2D eigenvalue weighted by atomic mass is 9.94. The highest BCUT2D eigenvalue weighted by Crippen LogP contribution is 2.33. The number of nitrogens with zero attached hydrogens (tertiary/aromatic N) is 4. The zero-order chi connectivity index (χ0) is 29.3. The summed E-state index contributed by atoms with van der Waals surface area (Å²) in [5.41, 5.74) is 2.77. The van der Waals surface area contributed by atoms with Crippen molar-refractivity contribution in [2.24, 2.45) is 0 Å². The molecule has 2 fully saturated rings. The first-order valence-electron chi connectivity index (χ1n) is 13.6. The fourth-order valence-electron chi connectivity index (χ4n) is 5.64. The molecule has 0 bridgehead atoms. The molecule has 0 radical (unpaired) electrons. The number of likely N-dealkylation sites (N-methyl/N-ethyl adjacent to an activating group) is 1. The third-order valence-electron chi connectivity index (χ3n) is 7.79. The molecule has 3 aromatic carbocycles. The van der Waals surface area contributed by atoms with E-state index >= 15 is 0 Å². The lowest BCUT2D eigenvalue weighted by molar-refractivity contribution is -0.196. The van der Waals surface area contributed by atoms with Gasteiger partial charge in [0.05, 0.1) is 12.6 Å². The molecule has 2 saturated heterocycles. The van der Waals surface area contributed by atoms with Gasteiger partial charge in [-0.3, -0.25) is 9.59 Å². The van der Waals surface area contributed by atoms with Crippen LogP contribution in [0.4, 0.5) is 9.18 Å². The summed E-state index contributed by atoms with van der Waals surface area (Å²) in [6.07, 6.45) is -0.658. The monoisotopic (exact) mass is 559 g/mol. The van der Waals surface area contributed by atoms with E-state index in [1.54, 1.807) is 55.1 Å². The molecule has 4 amide bonds. The summed E-state index contributed by atoms with van der Waals surface area (Å²) in [7, 11) is 1.67. The molecule has 214 valence electrons. The van der Waals surface area contributed by atoms with Crippen LogP contribution in [-0.4, -0.2) is 74.6 Å². The molecule has 3 aromatic rings. The van der Waals surface area contributed by atoms with Gasteiger partial charge in [-0.15, -0.1) is 0 Å². The fourth-order valence-corrected chi connectivity index (χ4v) is 5.64. The maximum absolute atomic E-state index is 15.0. The Bertz CT molecular complexity index is 1430. The maximum atomic E-state index is 15.0. The van der Waals surface area contributed by atoms with Crippen molar-refractivity contribution in [1.29, 1.82) is 0 Å². The minimum absolute atomic E-state index is 0.0140. The number of hydrogen-bond acceptors (Lipinski definition) is 5. The van der Waals surface area contributed by atoms with Crippen molar-refractivity contribution >= 4 is 17.8 Å². The third kappa shape index (κ3) is 5.74. The van der Waals surface area contributed by atoms with E-state index in [4.69, 9.17) is 0 Å². The van der Waals surface area contributed by atoms with Gasteiger partial charge in [0.15, 0.2) is 0 Å². The number of phenols is 1. The van der Waals surface area contributed by atoms with Crippen LogP contribution in [-0.2, 0) is 29.1 Å². The largest absolute Gasteiger partial charge is 0.508 e. The molecule has 0 aromatic heterocycles. The Morgan fingerprint density at radius 1 is 1.02 bits per heavy atom. The van der Waals surface area contributed by atoms with Gasteiger partial charge in [0.1, 0.15) is 23.8 Å². The van der Waals surface area contributed by atoms with E-state index in [2.05, 4.69) is 5.32 Å². The number of carbonyl (C=O) groups excluding carboxylic acids is 3. The molecule has 2 N–H and O–H groups in total. The van der Waals surface area contributed by atoms with Crippen molar-refractivity contribution in [1.82, 2.24) is 25.1 Å². The van der Waals surface area contributed by atoms with Gasteiger partial charge in [-0.2, -0.15) is 0 Å². The molecule has 2 aliphatic heterocycles. The minimum atomic E-state index is -0.931. The van der Waals surface area contributed by atoms with E-state index in [0.717, 1.165) is 16.7 Å². The molecule has 9 nitrogen and oxygen atoms in total. The second-order valence-corrected chi connectivity index (χ2v) is 10.7. The normalized spacial score (nSPS) is 21.2. The van der Waals surface area contributed by atoms with Gasteiger partial charge in [0.2, 0.25) is 11.8 Å². The zero-order valence-electron chi connectivity index (χ0n) is 23.3. The highest BCUT2D eigenvalue weighted by Gasteiger charge is 2.54. The van der Waals surface area contributed by atoms with Crippen molar-refractivity contribution in [3.8, 4) is 5.75 Å². The van der Waals surface area contributed by atoms with Crippen LogP contribution in [0.3, 0.4) is 0 Å². The molecular formula is C31H34FN5O4. The summed E-state index contributed by atoms with van der Waals surface area (Å²) < 4.78 is 15.0. The summed E-state index contributed by atoms with van der Waals surface area (Å²) >= 11 is 0. The average molecular weight is 560 g/mol. The van der Waals surface area contributed by atoms with E-state index in [-0.39, 0.29) is 43.6 Å². The van der Waals surface area contributed by atoms with Gasteiger partial charge in [-0.1, -0.05) is 54.6 Å². The van der Waals surface area contributed by atoms with E-state index in [0.29, 0.717) is 5.56 Å². The Labute approximate surface area is 238 Å². The predicted octanol–water partition coefficient (Wildman–Crippen LogP) is 3.41. The topological polar surface area (TPSA) is 96.4 Å². The number of benzene rings is 3. The predicted molar refractivity (Wildman–Crippen MR) is 151 cm³/mol. The summed E-state index contributed by atoms with van der Waals surface area (Å²) in [4.78, 5) is 44.4. The summed E-state index contributed by atoms with van der Waals surface area (Å²) in [5.74, 6) is -0.945. The van der Waals surface area contributed by atoms with Crippen LogP contribution in [0, 0.1) is 12.7 Å². The highest BCUT2D eigenvalue weighted by molar-refractivity contribution is 5.92. The van der Waals surface area contributed by atoms with E-state index in [9.17, 15) is 23.9 Å². The molecule has 41 heavy (non-hydrogen) atoms. The molecule has 2 aliphatic rings. The van der Waals surface area contributed by atoms with Gasteiger partial charge in [-0.25, -0.2) is 19.2 Å². The lowest BCUT2D eigenvalue weighted by Crippen LogP contribution is -2.78. The standard InChI is InChI=1S/C31H34FN5O4/c1-20-9-12-24(26(32)15-20)18-35-21(2)29-36(27(30(35)40)16-22-10-13-25(38)14-11-22)28(39)19-34(3)37(29)31(41)33-17-23-7-5-4-6-8-23/h4-15,21,27,29,38H,16-19H2,1-3H3,(H,33,41)/t21-,27-,29?/m0/s1. The Morgan fingerprint density at radius 2 is 1.73 bits per heavy atom. The van der Waals surface area contributed by atoms with Crippen LogP contribution in [0.5, 0.6) is 5.75 Å². The number of urea groups is 1. The van der Waals surface area contributed by atoms with Gasteiger partial charge >= 0.3 is 6.03 Å². The first-order chi connectivity index (χ1) is 19.6. The molecule has 10 heteroatoms. The summed E-state index contributed by atoms with van der Waals surface area (Å²) in [6.45, 7) is 3.76. The highest BCUT2D eigenvalue weighted by atomic mass is 19.1. The van der Waals surface area contributed by atoms with Crippen molar-refractivity contribution < 1.29 is 23.9 Å². The second-order valence-electron chi connectivity index (χ2n) is 10.7. The first kappa shape index (κ1) is 28.1. The molecular weight excluding hydrogens is 525 g/mol. The number of hydrogen-bond donors (Lipinski definition) is 2. The molecule has 0 saturated carbocycles. The Morgan fingerprint density at radius 3 is 2.41 bits per heavy atom. The van der Waals surface area contributed by atoms with Crippen molar-refractivity contribution in [3.63, 3.8) is 0 Å². The quantitative estimate of drug-likeness (QED) is 0.483. The van der Waals surface area contributed by atoms with Crippen LogP contribution in [0.2, 0.25) is 0 Å². The SMILES string of the molecule is Cc1ccc(CN2C(=O)[C@H](Cc3ccc(O)cc3)N3C(=O)CN(C)N(C(=O)NCc4ccccc4)C3[C@@H]2C)c(F)c1. The number of amides is 4. The number of aryl methyl sites for hydroxylation is 1. The Balaban J connectivity index is 1.51. The number of nitrogens with one attached hydrogen (secondary N) is 1. The molecule has 0 aliphatic carbocycles. The first-order valence-corrected chi connectivity index (χ1v) is 13.6. The van der Waals surface area contributed by atoms with Gasteiger partial charge in [0, 0.05) is 32.1 Å². The number of carbonyl (C=O) groups is 3. The average Bonchev–Trinajstić information content (AvgIpc) is 2.94. The van der Waals surface area contributed by atoms with Crippen LogP contribution >= 0.6 is 0 Å². The Hall–Kier alpha value is -4.44. The van der Waals surface area contributed by atoms with Gasteiger partial charge in [0.25, 0.3) is 0 Å². The number of halogens is 1. The lowest BCUT2D eigenvalue weighted by Gasteiger charge is -2.57. The summed E-state index contributed by atoms with van der Waals surface area (Å²) in [6, 6.07) is 18.8. The van der Waals surface area contributed by atoms with Crippen LogP contribution < -0.4 is 5.32 Å². The van der Waals surface area contributed by atoms with E-state index < -0.39 is 30.1 Å². The molecule has 5 rings (SSSR count). The molecule has 0 spiro atoms. The number of rotatable bonds is 6. The maximum Gasteiger partial charge on any atom is 0.334 e. The molecule has 3 atom stereocenters. The van der Waals surface area contributed by atoms with Crippen molar-refractivity contribution in [2.75, 3.05) is 13.6 Å². The third-order valence-corrected chi connectivity index (χ3v) is 7.79. The number of piperazine rings is 1. The molecule has 2 heterocycles. The minimum Gasteiger partial charge on any atom is -0.508 e. The zero-order valence-corrected chi connectivity index (χ0v) is 23.3. The number of fused-ring (bicyclic) bond motifs is 1. The number of aromatic hydroxyl groups is 1. The summed E-state index contributed by atoms with van der Waals surface area (Å²) in [5, 5.41) is 15.8. The van der Waals surface area contributed by atoms with Gasteiger partial charge < -0.3 is 20.2 Å². The second kappa shape index (κ2) is 11.6. The van der Waals surface area contributed by atoms with Crippen LogP contribution in [0.25, 0.3) is 0 Å². The Kier molecular flexibility index (Phi) is 7.94. The molecule has 1 unspecified atom stereocenters. The van der Waals surface area contributed by atoms with Crippen LogP contribution in [0.15, 0.2) is 72.8 Å². The fraction of sp³-hybridized carbons (Fsp3) is 0.323.